The molecule has 1 fully saturated rings. The summed E-state index contributed by atoms with van der Waals surface area (Å²) < 4.78 is 31.1. The molecular weight excluding hydrogens is 519 g/mol. The molecule has 6 nitrogen and oxygen atoms in total. The van der Waals surface area contributed by atoms with E-state index in [9.17, 15) is 9.18 Å². The third-order valence-corrected chi connectivity index (χ3v) is 7.92. The number of fused-ring (bicyclic) bond motifs is 1. The van der Waals surface area contributed by atoms with Crippen LogP contribution in [-0.2, 0) is 27.3 Å². The van der Waals surface area contributed by atoms with Crippen molar-refractivity contribution >= 4 is 11.7 Å². The van der Waals surface area contributed by atoms with Crippen LogP contribution in [-0.4, -0.2) is 36.3 Å². The number of pyridine rings is 1. The van der Waals surface area contributed by atoms with Gasteiger partial charge in [-0.15, -0.1) is 0 Å². The van der Waals surface area contributed by atoms with E-state index in [0.717, 1.165) is 71.0 Å². The zero-order valence-electron chi connectivity index (χ0n) is 25.1. The van der Waals surface area contributed by atoms with Gasteiger partial charge in [-0.3, -0.25) is 4.98 Å². The molecule has 7 heteroatoms. The minimum atomic E-state index is -0.843. The first-order valence-corrected chi connectivity index (χ1v) is 14.5. The fourth-order valence-corrected chi connectivity index (χ4v) is 5.61. The summed E-state index contributed by atoms with van der Waals surface area (Å²) in [6.07, 6.45) is 1.96. The van der Waals surface area contributed by atoms with Crippen molar-refractivity contribution in [3.05, 3.63) is 76.9 Å². The molecule has 0 saturated carbocycles. The first-order valence-electron chi connectivity index (χ1n) is 14.5. The van der Waals surface area contributed by atoms with Gasteiger partial charge in [0.2, 0.25) is 0 Å². The second kappa shape index (κ2) is 11.4. The average molecular weight is 561 g/mol. The highest BCUT2D eigenvalue weighted by molar-refractivity contribution is 5.89. The maximum absolute atomic E-state index is 13.2. The van der Waals surface area contributed by atoms with Gasteiger partial charge in [0.25, 0.3) is 0 Å². The molecule has 0 radical (unpaired) electrons. The molecule has 0 amide bonds. The highest BCUT2D eigenvalue weighted by atomic mass is 19.1. The highest BCUT2D eigenvalue weighted by Gasteiger charge is 2.40. The summed E-state index contributed by atoms with van der Waals surface area (Å²) in [5.74, 6) is 0.156. The zero-order chi connectivity index (χ0) is 29.4. The summed E-state index contributed by atoms with van der Waals surface area (Å²) >= 11 is 0. The SMILES string of the molecule is Cc1nc2c(c(N3CCC(C)(C)CC3)c1-c1ccc(OCCc3ccc(F)cc3)cc1)[C@H](OC(C)(C)C)C(=O)OC2. The van der Waals surface area contributed by atoms with Crippen molar-refractivity contribution in [2.45, 2.75) is 79.1 Å². The maximum Gasteiger partial charge on any atom is 0.340 e. The third-order valence-electron chi connectivity index (χ3n) is 7.92. The van der Waals surface area contributed by atoms with Crippen molar-refractivity contribution in [3.8, 4) is 16.9 Å². The molecule has 2 aromatic carbocycles. The fraction of sp³-hybridized carbons (Fsp3) is 0.471. The van der Waals surface area contributed by atoms with Crippen molar-refractivity contribution < 1.29 is 23.4 Å². The predicted molar refractivity (Wildman–Crippen MR) is 159 cm³/mol. The van der Waals surface area contributed by atoms with E-state index in [0.29, 0.717) is 13.0 Å². The van der Waals surface area contributed by atoms with Crippen LogP contribution in [0, 0.1) is 18.2 Å². The van der Waals surface area contributed by atoms with Crippen molar-refractivity contribution in [1.82, 2.24) is 4.98 Å². The monoisotopic (exact) mass is 560 g/mol. The number of ether oxygens (including phenoxy) is 3. The van der Waals surface area contributed by atoms with E-state index in [1.165, 1.54) is 12.1 Å². The zero-order valence-corrected chi connectivity index (χ0v) is 25.1. The van der Waals surface area contributed by atoms with Gasteiger partial charge in [0.15, 0.2) is 6.10 Å². The summed E-state index contributed by atoms with van der Waals surface area (Å²) in [6, 6.07) is 14.6. The minimum Gasteiger partial charge on any atom is -0.493 e. The molecule has 1 atom stereocenters. The van der Waals surface area contributed by atoms with E-state index in [2.05, 4.69) is 30.9 Å². The van der Waals surface area contributed by atoms with Crippen molar-refractivity contribution in [1.29, 1.82) is 0 Å². The Morgan fingerprint density at radius 3 is 2.34 bits per heavy atom. The number of hydrogen-bond acceptors (Lipinski definition) is 6. The van der Waals surface area contributed by atoms with Gasteiger partial charge in [-0.2, -0.15) is 0 Å². The van der Waals surface area contributed by atoms with E-state index in [1.807, 2.05) is 39.8 Å². The summed E-state index contributed by atoms with van der Waals surface area (Å²) in [4.78, 5) is 20.5. The van der Waals surface area contributed by atoms with Crippen LogP contribution in [0.2, 0.25) is 0 Å². The van der Waals surface area contributed by atoms with Gasteiger partial charge in [-0.1, -0.05) is 38.1 Å². The topological polar surface area (TPSA) is 60.9 Å². The number of piperidine rings is 1. The Balaban J connectivity index is 1.50. The summed E-state index contributed by atoms with van der Waals surface area (Å²) in [5.41, 5.74) is 6.29. The number of benzene rings is 2. The molecule has 1 aromatic heterocycles. The standard InChI is InChI=1S/C34H41FN2O4/c1-22-28(24-9-13-26(14-10-24)39-20-15-23-7-11-25(35)12-8-23)30(37-18-16-34(5,6)17-19-37)29-27(36-22)21-40-32(38)31(29)41-33(2,3)4/h7-14,31H,15-21H2,1-6H3/t31-/m0/s1. The molecule has 0 aliphatic carbocycles. The molecule has 5 rings (SSSR count). The lowest BCUT2D eigenvalue weighted by Crippen LogP contribution is -2.40. The van der Waals surface area contributed by atoms with Gasteiger partial charge in [-0.05, 0) is 81.3 Å². The molecule has 0 unspecified atom stereocenters. The Morgan fingerprint density at radius 1 is 1.05 bits per heavy atom. The number of rotatable bonds is 7. The van der Waals surface area contributed by atoms with Crippen LogP contribution in [0.25, 0.3) is 11.1 Å². The number of hydrogen-bond donors (Lipinski definition) is 0. The molecule has 2 aliphatic rings. The van der Waals surface area contributed by atoms with Crippen LogP contribution in [0.3, 0.4) is 0 Å². The molecule has 218 valence electrons. The normalized spacial score (nSPS) is 18.6. The van der Waals surface area contributed by atoms with Gasteiger partial charge < -0.3 is 19.1 Å². The molecule has 3 aromatic rings. The average Bonchev–Trinajstić information content (AvgIpc) is 2.91. The maximum atomic E-state index is 13.2. The summed E-state index contributed by atoms with van der Waals surface area (Å²) in [6.45, 7) is 14.9. The lowest BCUT2D eigenvalue weighted by molar-refractivity contribution is -0.172. The van der Waals surface area contributed by atoms with Crippen LogP contribution in [0.4, 0.5) is 10.1 Å². The Labute approximate surface area is 242 Å². The van der Waals surface area contributed by atoms with E-state index < -0.39 is 11.7 Å². The molecule has 3 heterocycles. The number of aromatic nitrogens is 1. The fourth-order valence-electron chi connectivity index (χ4n) is 5.61. The molecule has 2 aliphatic heterocycles. The second-order valence-electron chi connectivity index (χ2n) is 12.9. The van der Waals surface area contributed by atoms with Gasteiger partial charge in [-0.25, -0.2) is 9.18 Å². The number of aryl methyl sites for hydroxylation is 1. The van der Waals surface area contributed by atoms with E-state index in [1.54, 1.807) is 12.1 Å². The van der Waals surface area contributed by atoms with E-state index >= 15 is 0 Å². The number of carbonyl (C=O) groups is 1. The van der Waals surface area contributed by atoms with Gasteiger partial charge in [0, 0.05) is 36.3 Å². The molecule has 0 spiro atoms. The second-order valence-corrected chi connectivity index (χ2v) is 12.9. The Bertz CT molecular complexity index is 1380. The first-order chi connectivity index (χ1) is 19.4. The Kier molecular flexibility index (Phi) is 8.11. The summed E-state index contributed by atoms with van der Waals surface area (Å²) in [7, 11) is 0. The van der Waals surface area contributed by atoms with Crippen LogP contribution < -0.4 is 9.64 Å². The lowest BCUT2D eigenvalue weighted by Gasteiger charge is -2.42. The smallest absolute Gasteiger partial charge is 0.340 e. The number of anilines is 1. The van der Waals surface area contributed by atoms with Crippen LogP contribution >= 0.6 is 0 Å². The number of carbonyl (C=O) groups excluding carboxylic acids is 1. The van der Waals surface area contributed by atoms with Crippen molar-refractivity contribution in [3.63, 3.8) is 0 Å². The molecule has 0 N–H and O–H groups in total. The highest BCUT2D eigenvalue weighted by Crippen LogP contribution is 2.46. The van der Waals surface area contributed by atoms with Crippen LogP contribution in [0.1, 0.15) is 76.1 Å². The Hall–Kier alpha value is -3.45. The minimum absolute atomic E-state index is 0.145. The molecular formula is C34H41FN2O4. The quantitative estimate of drug-likeness (QED) is 0.282. The van der Waals surface area contributed by atoms with Crippen LogP contribution in [0.5, 0.6) is 5.75 Å². The van der Waals surface area contributed by atoms with Crippen molar-refractivity contribution in [2.24, 2.45) is 5.41 Å². The number of esters is 1. The predicted octanol–water partition coefficient (Wildman–Crippen LogP) is 7.36. The molecule has 0 bridgehead atoms. The molecule has 41 heavy (non-hydrogen) atoms. The van der Waals surface area contributed by atoms with Gasteiger partial charge in [0.05, 0.1) is 23.6 Å². The van der Waals surface area contributed by atoms with E-state index in [-0.39, 0.29) is 23.8 Å². The Morgan fingerprint density at radius 2 is 1.71 bits per heavy atom. The number of halogens is 1. The third kappa shape index (κ3) is 6.72. The lowest BCUT2D eigenvalue weighted by atomic mass is 9.81. The largest absolute Gasteiger partial charge is 0.493 e. The molecule has 1 saturated heterocycles. The van der Waals surface area contributed by atoms with Crippen molar-refractivity contribution in [2.75, 3.05) is 24.6 Å². The van der Waals surface area contributed by atoms with Gasteiger partial charge in [0.1, 0.15) is 18.2 Å². The summed E-state index contributed by atoms with van der Waals surface area (Å²) in [5, 5.41) is 0. The number of cyclic esters (lactones) is 1. The van der Waals surface area contributed by atoms with Crippen LogP contribution in [0.15, 0.2) is 48.5 Å². The van der Waals surface area contributed by atoms with E-state index in [4.69, 9.17) is 19.2 Å². The van der Waals surface area contributed by atoms with Gasteiger partial charge >= 0.3 is 5.97 Å². The number of nitrogens with zero attached hydrogens (tertiary/aromatic N) is 2. The first kappa shape index (κ1) is 29.1.